The molecule has 33 heavy (non-hydrogen) atoms. The van der Waals surface area contributed by atoms with Crippen molar-refractivity contribution in [2.45, 2.75) is 39.0 Å². The van der Waals surface area contributed by atoms with E-state index in [1.165, 1.54) is 0 Å². The second kappa shape index (κ2) is 8.08. The zero-order chi connectivity index (χ0) is 23.4. The van der Waals surface area contributed by atoms with Gasteiger partial charge in [0, 0.05) is 31.1 Å². The highest BCUT2D eigenvalue weighted by molar-refractivity contribution is 7.91. The van der Waals surface area contributed by atoms with Crippen LogP contribution in [0.3, 0.4) is 0 Å². The Balaban J connectivity index is 1.53. The van der Waals surface area contributed by atoms with E-state index >= 15 is 0 Å². The van der Waals surface area contributed by atoms with Crippen LogP contribution in [0.1, 0.15) is 29.9 Å². The first kappa shape index (κ1) is 22.3. The van der Waals surface area contributed by atoms with Gasteiger partial charge < -0.3 is 14.4 Å². The molecule has 0 radical (unpaired) electrons. The van der Waals surface area contributed by atoms with Crippen LogP contribution >= 0.6 is 11.3 Å². The van der Waals surface area contributed by atoms with Crippen molar-refractivity contribution in [2.75, 3.05) is 40.9 Å². The molecule has 0 N–H and O–H groups in total. The molecule has 3 aromatic heterocycles. The zero-order valence-corrected chi connectivity index (χ0v) is 19.5. The van der Waals surface area contributed by atoms with E-state index in [1.54, 1.807) is 11.3 Å². The lowest BCUT2D eigenvalue weighted by Gasteiger charge is -2.31. The first-order valence-corrected chi connectivity index (χ1v) is 13.3. The number of aryl methyl sites for hydroxylation is 1. The van der Waals surface area contributed by atoms with Gasteiger partial charge in [0.15, 0.2) is 15.7 Å². The predicted molar refractivity (Wildman–Crippen MR) is 118 cm³/mol. The quantitative estimate of drug-likeness (QED) is 0.538. The van der Waals surface area contributed by atoms with Gasteiger partial charge in [0.2, 0.25) is 11.8 Å². The third kappa shape index (κ3) is 4.25. The number of aromatic nitrogens is 5. The standard InChI is InChI=1S/C19H22F3N7O2S2/c1-2-3-12-10-13-15(28-4-5-29-14(11-28)25-26-17(29)19(20,21)22)23-18(24-16(13)32-12)27-6-8-33(30,31)9-7-27/h10H,2-9,11H2,1H3. The van der Waals surface area contributed by atoms with Crippen molar-refractivity contribution in [1.82, 2.24) is 24.7 Å². The summed E-state index contributed by atoms with van der Waals surface area (Å²) in [6, 6.07) is 2.05. The van der Waals surface area contributed by atoms with Crippen LogP contribution in [0.5, 0.6) is 0 Å². The lowest BCUT2D eigenvalue weighted by Crippen LogP contribution is -2.41. The van der Waals surface area contributed by atoms with Crippen LogP contribution in [0.15, 0.2) is 6.07 Å². The third-order valence-corrected chi connectivity index (χ3v) is 8.54. The predicted octanol–water partition coefficient (Wildman–Crippen LogP) is 2.51. The molecule has 178 valence electrons. The molecule has 1 saturated heterocycles. The molecular formula is C19H22F3N7O2S2. The van der Waals surface area contributed by atoms with Gasteiger partial charge in [-0.1, -0.05) is 13.3 Å². The molecule has 0 aliphatic carbocycles. The molecule has 5 rings (SSSR count). The van der Waals surface area contributed by atoms with Crippen LogP contribution < -0.4 is 9.80 Å². The summed E-state index contributed by atoms with van der Waals surface area (Å²) in [7, 11) is -3.06. The molecule has 0 saturated carbocycles. The van der Waals surface area contributed by atoms with E-state index in [1.807, 2.05) is 15.9 Å². The van der Waals surface area contributed by atoms with Crippen molar-refractivity contribution in [2.24, 2.45) is 0 Å². The average Bonchev–Trinajstić information content (AvgIpc) is 3.36. The van der Waals surface area contributed by atoms with Crippen LogP contribution in [-0.2, 0) is 35.5 Å². The van der Waals surface area contributed by atoms with Gasteiger partial charge in [0.05, 0.1) is 23.4 Å². The fourth-order valence-electron chi connectivity index (χ4n) is 4.16. The Morgan fingerprint density at radius 3 is 2.52 bits per heavy atom. The fourth-order valence-corrected chi connectivity index (χ4v) is 6.48. The van der Waals surface area contributed by atoms with Gasteiger partial charge >= 0.3 is 6.18 Å². The average molecular weight is 502 g/mol. The molecular weight excluding hydrogens is 479 g/mol. The van der Waals surface area contributed by atoms with Crippen LogP contribution in [0.4, 0.5) is 24.9 Å². The van der Waals surface area contributed by atoms with Gasteiger partial charge in [-0.25, -0.2) is 13.4 Å². The summed E-state index contributed by atoms with van der Waals surface area (Å²) in [5.74, 6) is 0.408. The SMILES string of the molecule is CCCc1cc2c(N3CCn4c(nnc4C(F)(F)F)C3)nc(N3CCS(=O)(=O)CC3)nc2s1. The molecule has 1 fully saturated rings. The molecule has 3 aromatic rings. The summed E-state index contributed by atoms with van der Waals surface area (Å²) < 4.78 is 64.5. The minimum atomic E-state index is -4.56. The first-order chi connectivity index (χ1) is 15.6. The molecule has 0 unspecified atom stereocenters. The largest absolute Gasteiger partial charge is 0.451 e. The van der Waals surface area contributed by atoms with Gasteiger partial charge in [-0.2, -0.15) is 18.2 Å². The summed E-state index contributed by atoms with van der Waals surface area (Å²) >= 11 is 1.57. The fraction of sp³-hybridized carbons (Fsp3) is 0.579. The van der Waals surface area contributed by atoms with Crippen molar-refractivity contribution in [3.63, 3.8) is 0 Å². The Morgan fingerprint density at radius 1 is 1.06 bits per heavy atom. The van der Waals surface area contributed by atoms with Crippen LogP contribution in [0.2, 0.25) is 0 Å². The van der Waals surface area contributed by atoms with E-state index in [0.717, 1.165) is 32.5 Å². The number of anilines is 2. The monoisotopic (exact) mass is 501 g/mol. The highest BCUT2D eigenvalue weighted by Crippen LogP contribution is 2.36. The number of sulfone groups is 1. The summed E-state index contributed by atoms with van der Waals surface area (Å²) in [5, 5.41) is 7.98. The highest BCUT2D eigenvalue weighted by Gasteiger charge is 2.40. The van der Waals surface area contributed by atoms with Gasteiger partial charge in [-0.15, -0.1) is 21.5 Å². The smallest absolute Gasteiger partial charge is 0.347 e. The Hall–Kier alpha value is -2.48. The Kier molecular flexibility index (Phi) is 5.46. The van der Waals surface area contributed by atoms with Gasteiger partial charge in [-0.05, 0) is 12.5 Å². The maximum Gasteiger partial charge on any atom is 0.451 e. The first-order valence-electron chi connectivity index (χ1n) is 10.6. The van der Waals surface area contributed by atoms with Gasteiger partial charge in [0.1, 0.15) is 10.6 Å². The minimum Gasteiger partial charge on any atom is -0.347 e. The normalized spacial score (nSPS) is 18.7. The van der Waals surface area contributed by atoms with E-state index < -0.39 is 21.8 Å². The number of halogens is 3. The second-order valence-corrected chi connectivity index (χ2v) is 11.6. The molecule has 0 bridgehead atoms. The Morgan fingerprint density at radius 2 is 1.82 bits per heavy atom. The number of hydrogen-bond acceptors (Lipinski definition) is 9. The minimum absolute atomic E-state index is 0.0439. The molecule has 5 heterocycles. The molecule has 0 aromatic carbocycles. The number of fused-ring (bicyclic) bond motifs is 2. The van der Waals surface area contributed by atoms with Crippen LogP contribution in [0, 0.1) is 0 Å². The summed E-state index contributed by atoms with van der Waals surface area (Å²) in [5.41, 5.74) is 0. The van der Waals surface area contributed by atoms with Crippen LogP contribution in [-0.4, -0.2) is 64.3 Å². The van der Waals surface area contributed by atoms with Crippen molar-refractivity contribution < 1.29 is 21.6 Å². The zero-order valence-electron chi connectivity index (χ0n) is 17.8. The van der Waals surface area contributed by atoms with Crippen molar-refractivity contribution in [3.05, 3.63) is 22.6 Å². The van der Waals surface area contributed by atoms with Gasteiger partial charge in [-0.3, -0.25) is 0 Å². The van der Waals surface area contributed by atoms with E-state index in [-0.39, 0.29) is 30.4 Å². The molecule has 0 spiro atoms. The summed E-state index contributed by atoms with van der Waals surface area (Å²) in [6.45, 7) is 3.25. The number of thiophene rings is 1. The van der Waals surface area contributed by atoms with Crippen molar-refractivity contribution in [3.8, 4) is 0 Å². The lowest BCUT2D eigenvalue weighted by molar-refractivity contribution is -0.147. The number of alkyl halides is 3. The van der Waals surface area contributed by atoms with Crippen molar-refractivity contribution >= 4 is 43.2 Å². The maximum atomic E-state index is 13.2. The van der Waals surface area contributed by atoms with E-state index in [2.05, 4.69) is 17.1 Å². The topological polar surface area (TPSA) is 97.1 Å². The number of rotatable bonds is 4. The third-order valence-electron chi connectivity index (χ3n) is 5.84. The number of nitrogens with zero attached hydrogens (tertiary/aromatic N) is 7. The van der Waals surface area contributed by atoms with Crippen molar-refractivity contribution in [1.29, 1.82) is 0 Å². The van der Waals surface area contributed by atoms with Gasteiger partial charge in [0.25, 0.3) is 0 Å². The Labute approximate surface area is 192 Å². The summed E-state index contributed by atoms with van der Waals surface area (Å²) in [4.78, 5) is 15.2. The maximum absolute atomic E-state index is 13.2. The van der Waals surface area contributed by atoms with Crippen LogP contribution in [0.25, 0.3) is 10.2 Å². The van der Waals surface area contributed by atoms with E-state index in [0.29, 0.717) is 31.4 Å². The molecule has 14 heteroatoms. The molecule has 0 atom stereocenters. The number of hydrogen-bond donors (Lipinski definition) is 0. The Bertz CT molecular complexity index is 1290. The van der Waals surface area contributed by atoms with E-state index in [4.69, 9.17) is 9.97 Å². The molecule has 0 amide bonds. The molecule has 2 aliphatic rings. The summed E-state index contributed by atoms with van der Waals surface area (Å²) in [6.07, 6.45) is -2.69. The lowest BCUT2D eigenvalue weighted by atomic mass is 10.2. The highest BCUT2D eigenvalue weighted by atomic mass is 32.2. The molecule has 2 aliphatic heterocycles. The second-order valence-electron chi connectivity index (χ2n) is 8.18. The van der Waals surface area contributed by atoms with E-state index in [9.17, 15) is 21.6 Å². The molecule has 9 nitrogen and oxygen atoms in total.